The molecule has 1 aromatic heterocycles. The van der Waals surface area contributed by atoms with Gasteiger partial charge in [0.15, 0.2) is 0 Å². The van der Waals surface area contributed by atoms with Gasteiger partial charge in [0.1, 0.15) is 18.5 Å². The molecule has 0 unspecified atom stereocenters. The molecule has 0 atom stereocenters. The van der Waals surface area contributed by atoms with Gasteiger partial charge in [0.05, 0.1) is 17.7 Å². The zero-order valence-electron chi connectivity index (χ0n) is 11.0. The number of nitrogens with zero attached hydrogens (tertiary/aromatic N) is 3. The molecular weight excluding hydrogens is 280 g/mol. The second-order valence-electron chi connectivity index (χ2n) is 4.04. The number of amides is 1. The molecule has 110 valence electrons. The van der Waals surface area contributed by atoms with E-state index in [-0.39, 0.29) is 29.5 Å². The Hall–Kier alpha value is -3.10. The van der Waals surface area contributed by atoms with E-state index < -0.39 is 10.8 Å². The molecule has 0 spiro atoms. The summed E-state index contributed by atoms with van der Waals surface area (Å²) in [6, 6.07) is 6.22. The lowest BCUT2D eigenvalue weighted by Crippen LogP contribution is -2.19. The number of benzene rings is 1. The Morgan fingerprint density at radius 3 is 2.81 bits per heavy atom. The monoisotopic (exact) mass is 292 g/mol. The van der Waals surface area contributed by atoms with Gasteiger partial charge in [-0.2, -0.15) is 0 Å². The van der Waals surface area contributed by atoms with Crippen LogP contribution in [0.2, 0.25) is 0 Å². The number of rotatable bonds is 5. The van der Waals surface area contributed by atoms with E-state index in [0.717, 1.165) is 10.9 Å². The third-order valence-corrected chi connectivity index (χ3v) is 2.58. The Labute approximate surface area is 118 Å². The molecule has 0 bridgehead atoms. The SMILES string of the molecule is COc1nn(CC(=O)Nc2ccccc2O)cc1[N+](=O)[O-]. The van der Waals surface area contributed by atoms with Crippen molar-refractivity contribution >= 4 is 17.3 Å². The van der Waals surface area contributed by atoms with Gasteiger partial charge in [0.2, 0.25) is 5.91 Å². The summed E-state index contributed by atoms with van der Waals surface area (Å²) < 4.78 is 5.85. The van der Waals surface area contributed by atoms with Crippen molar-refractivity contribution in [3.8, 4) is 11.6 Å². The van der Waals surface area contributed by atoms with E-state index in [1.165, 1.54) is 19.2 Å². The number of carbonyl (C=O) groups is 1. The number of nitro groups is 1. The number of anilines is 1. The molecule has 21 heavy (non-hydrogen) atoms. The van der Waals surface area contributed by atoms with Crippen molar-refractivity contribution in [3.05, 3.63) is 40.6 Å². The largest absolute Gasteiger partial charge is 0.506 e. The molecule has 1 heterocycles. The van der Waals surface area contributed by atoms with Crippen LogP contribution in [-0.4, -0.2) is 32.8 Å². The number of methoxy groups -OCH3 is 1. The average Bonchev–Trinajstić information content (AvgIpc) is 2.84. The van der Waals surface area contributed by atoms with Gasteiger partial charge >= 0.3 is 11.6 Å². The molecule has 0 aliphatic carbocycles. The summed E-state index contributed by atoms with van der Waals surface area (Å²) >= 11 is 0. The van der Waals surface area contributed by atoms with Crippen molar-refractivity contribution in [3.63, 3.8) is 0 Å². The van der Waals surface area contributed by atoms with Crippen molar-refractivity contribution in [2.24, 2.45) is 0 Å². The van der Waals surface area contributed by atoms with Gasteiger partial charge in [-0.1, -0.05) is 12.1 Å². The lowest BCUT2D eigenvalue weighted by Gasteiger charge is -2.06. The van der Waals surface area contributed by atoms with Gasteiger partial charge < -0.3 is 15.2 Å². The van der Waals surface area contributed by atoms with Crippen LogP contribution in [0.5, 0.6) is 11.6 Å². The second-order valence-corrected chi connectivity index (χ2v) is 4.04. The fourth-order valence-electron chi connectivity index (χ4n) is 1.66. The van der Waals surface area contributed by atoms with E-state index in [0.29, 0.717) is 0 Å². The molecule has 2 rings (SSSR count). The molecule has 1 amide bonds. The fourth-order valence-corrected chi connectivity index (χ4v) is 1.66. The molecule has 0 radical (unpaired) electrons. The van der Waals surface area contributed by atoms with Crippen LogP contribution in [0.4, 0.5) is 11.4 Å². The summed E-state index contributed by atoms with van der Waals surface area (Å²) in [6.07, 6.45) is 1.10. The zero-order chi connectivity index (χ0) is 15.4. The number of para-hydroxylation sites is 2. The van der Waals surface area contributed by atoms with Crippen molar-refractivity contribution in [2.45, 2.75) is 6.54 Å². The number of phenolic OH excluding ortho intramolecular Hbond substituents is 1. The minimum Gasteiger partial charge on any atom is -0.506 e. The maximum Gasteiger partial charge on any atom is 0.350 e. The fraction of sp³-hybridized carbons (Fsp3) is 0.167. The first-order valence-corrected chi connectivity index (χ1v) is 5.85. The van der Waals surface area contributed by atoms with E-state index in [2.05, 4.69) is 10.4 Å². The quantitative estimate of drug-likeness (QED) is 0.484. The topological polar surface area (TPSA) is 120 Å². The first-order valence-electron chi connectivity index (χ1n) is 5.85. The van der Waals surface area contributed by atoms with Crippen LogP contribution in [0.3, 0.4) is 0 Å². The van der Waals surface area contributed by atoms with Crippen LogP contribution in [0.15, 0.2) is 30.5 Å². The lowest BCUT2D eigenvalue weighted by molar-refractivity contribution is -0.385. The summed E-state index contributed by atoms with van der Waals surface area (Å²) in [6.45, 7) is -0.251. The second kappa shape index (κ2) is 5.90. The number of carbonyl (C=O) groups excluding carboxylic acids is 1. The number of hydrogen-bond acceptors (Lipinski definition) is 6. The highest BCUT2D eigenvalue weighted by Crippen LogP contribution is 2.24. The minimum atomic E-state index is -0.650. The van der Waals surface area contributed by atoms with Gasteiger partial charge in [-0.25, -0.2) is 0 Å². The standard InChI is InChI=1S/C12H12N4O5/c1-21-12-9(16(19)20)6-15(14-12)7-11(18)13-8-4-2-3-5-10(8)17/h2-6,17H,7H2,1H3,(H,13,18). The molecule has 0 saturated carbocycles. The normalized spacial score (nSPS) is 10.1. The van der Waals surface area contributed by atoms with Crippen LogP contribution in [0.1, 0.15) is 0 Å². The zero-order valence-corrected chi connectivity index (χ0v) is 11.0. The van der Waals surface area contributed by atoms with Gasteiger partial charge in [-0.05, 0) is 12.1 Å². The smallest absolute Gasteiger partial charge is 0.350 e. The van der Waals surface area contributed by atoms with E-state index in [1.54, 1.807) is 12.1 Å². The van der Waals surface area contributed by atoms with Crippen LogP contribution in [0, 0.1) is 10.1 Å². The lowest BCUT2D eigenvalue weighted by atomic mass is 10.3. The molecule has 0 aliphatic heterocycles. The number of aromatic hydroxyl groups is 1. The Bertz CT molecular complexity index is 682. The van der Waals surface area contributed by atoms with Gasteiger partial charge in [-0.15, -0.1) is 5.10 Å². The van der Waals surface area contributed by atoms with E-state index in [4.69, 9.17) is 4.74 Å². The van der Waals surface area contributed by atoms with Crippen molar-refractivity contribution in [2.75, 3.05) is 12.4 Å². The van der Waals surface area contributed by atoms with Crippen LogP contribution in [0.25, 0.3) is 0 Å². The number of phenols is 1. The summed E-state index contributed by atoms with van der Waals surface area (Å²) in [4.78, 5) is 21.9. The van der Waals surface area contributed by atoms with E-state index in [9.17, 15) is 20.0 Å². The number of hydrogen-bond donors (Lipinski definition) is 2. The predicted octanol–water partition coefficient (Wildman–Crippen LogP) is 1.14. The molecule has 0 fully saturated rings. The van der Waals surface area contributed by atoms with Crippen LogP contribution < -0.4 is 10.1 Å². The van der Waals surface area contributed by atoms with Crippen molar-refractivity contribution in [1.29, 1.82) is 0 Å². The average molecular weight is 292 g/mol. The molecular formula is C12H12N4O5. The Morgan fingerprint density at radius 1 is 1.52 bits per heavy atom. The third kappa shape index (κ3) is 3.26. The minimum absolute atomic E-state index is 0.0742. The number of nitrogens with one attached hydrogen (secondary N) is 1. The maximum atomic E-state index is 11.8. The molecule has 2 N–H and O–H groups in total. The highest BCUT2D eigenvalue weighted by molar-refractivity contribution is 5.91. The first-order chi connectivity index (χ1) is 10.0. The highest BCUT2D eigenvalue weighted by atomic mass is 16.6. The molecule has 0 saturated heterocycles. The van der Waals surface area contributed by atoms with Crippen LogP contribution in [-0.2, 0) is 11.3 Å². The highest BCUT2D eigenvalue weighted by Gasteiger charge is 2.21. The number of ether oxygens (including phenoxy) is 1. The summed E-state index contributed by atoms with van der Waals surface area (Å²) in [5.41, 5.74) is -0.0796. The maximum absolute atomic E-state index is 11.8. The van der Waals surface area contributed by atoms with E-state index >= 15 is 0 Å². The van der Waals surface area contributed by atoms with Crippen molar-refractivity contribution in [1.82, 2.24) is 9.78 Å². The number of aromatic nitrogens is 2. The Morgan fingerprint density at radius 2 is 2.24 bits per heavy atom. The van der Waals surface area contributed by atoms with Crippen LogP contribution >= 0.6 is 0 Å². The Balaban J connectivity index is 2.10. The molecule has 2 aromatic rings. The molecule has 9 nitrogen and oxygen atoms in total. The molecule has 1 aromatic carbocycles. The van der Waals surface area contributed by atoms with Crippen molar-refractivity contribution < 1.29 is 19.6 Å². The summed E-state index contributed by atoms with van der Waals surface area (Å²) in [5, 5.41) is 26.5. The van der Waals surface area contributed by atoms with Gasteiger partial charge in [0, 0.05) is 0 Å². The summed E-state index contributed by atoms with van der Waals surface area (Å²) in [5.74, 6) is -0.734. The Kier molecular flexibility index (Phi) is 4.02. The van der Waals surface area contributed by atoms with Gasteiger partial charge in [0.25, 0.3) is 0 Å². The first kappa shape index (κ1) is 14.3. The van der Waals surface area contributed by atoms with E-state index in [1.807, 2.05) is 0 Å². The molecule has 9 heteroatoms. The predicted molar refractivity (Wildman–Crippen MR) is 72.2 cm³/mol. The summed E-state index contributed by atoms with van der Waals surface area (Å²) in [7, 11) is 1.25. The third-order valence-electron chi connectivity index (χ3n) is 2.58. The van der Waals surface area contributed by atoms with Gasteiger partial charge in [-0.3, -0.25) is 19.6 Å². The molecule has 0 aliphatic rings.